The van der Waals surface area contributed by atoms with Gasteiger partial charge in [0.05, 0.1) is 24.9 Å². The molecule has 2 amide bonds. The molecule has 1 atom stereocenters. The Balaban J connectivity index is 1.26. The maximum absolute atomic E-state index is 13.9. The van der Waals surface area contributed by atoms with Crippen LogP contribution in [0.4, 0.5) is 0 Å². The molecule has 1 aromatic heterocycles. The molecule has 0 spiro atoms. The van der Waals surface area contributed by atoms with Crippen molar-refractivity contribution in [1.29, 1.82) is 0 Å². The summed E-state index contributed by atoms with van der Waals surface area (Å²) in [7, 11) is -0.827. The molecule has 1 saturated heterocycles. The molecule has 238 valence electrons. The van der Waals surface area contributed by atoms with Crippen molar-refractivity contribution in [2.24, 2.45) is 4.99 Å². The number of aromatic nitrogens is 3. The number of halogens is 1. The average Bonchev–Trinajstić information content (AvgIpc) is 3.20. The van der Waals surface area contributed by atoms with Crippen LogP contribution in [0, 0.1) is 6.92 Å². The van der Waals surface area contributed by atoms with Crippen molar-refractivity contribution in [2.75, 3.05) is 33.3 Å². The number of hydrogen-bond donors (Lipinski definition) is 1. The molecule has 2 aliphatic heterocycles. The van der Waals surface area contributed by atoms with E-state index in [1.54, 1.807) is 24.1 Å². The predicted molar refractivity (Wildman–Crippen MR) is 180 cm³/mol. The monoisotopic (exact) mass is 656 g/mol. The van der Waals surface area contributed by atoms with Gasteiger partial charge in [-0.2, -0.15) is 0 Å². The van der Waals surface area contributed by atoms with E-state index < -0.39 is 14.4 Å². The molecule has 46 heavy (non-hydrogen) atoms. The van der Waals surface area contributed by atoms with Crippen LogP contribution < -0.4 is 9.92 Å². The van der Waals surface area contributed by atoms with Crippen LogP contribution >= 0.6 is 11.6 Å². The molecular formula is C34H37ClN6O4Si. The number of aryl methyl sites for hydroxylation is 1. The van der Waals surface area contributed by atoms with Gasteiger partial charge >= 0.3 is 0 Å². The zero-order valence-electron chi connectivity index (χ0n) is 26.4. The SMILES string of the molecule is COc1ccc2c(c1)C(c1ccc(Cl)cc1)=N[C@@H](CC(=O)N1CCCN(C(=O)c3ccc([Si](C)(C)O)cc3)CC1)c1nnc(C)n1-2. The summed E-state index contributed by atoms with van der Waals surface area (Å²) in [5.41, 5.74) is 3.83. The number of ether oxygens (including phenoxy) is 1. The standard InChI is InChI=1S/C34H37ClN6O4Si/c1-22-37-38-33-29(36-32(23-6-10-25(35)11-7-23)28-20-26(45-2)12-15-30(28)41(22)33)21-31(42)39-16-5-17-40(19-18-39)34(43)24-8-13-27(14-9-24)46(3,4)44/h6-15,20,29,44H,5,16-19,21H2,1-4H3/t29-/m0/s1. The molecule has 0 unspecified atom stereocenters. The van der Waals surface area contributed by atoms with Crippen molar-refractivity contribution in [3.05, 3.63) is 100 Å². The van der Waals surface area contributed by atoms with E-state index in [4.69, 9.17) is 21.3 Å². The van der Waals surface area contributed by atoms with E-state index in [1.165, 1.54) is 0 Å². The van der Waals surface area contributed by atoms with Crippen LogP contribution in [0.3, 0.4) is 0 Å². The van der Waals surface area contributed by atoms with Crippen molar-refractivity contribution < 1.29 is 19.1 Å². The molecule has 10 nitrogen and oxygen atoms in total. The van der Waals surface area contributed by atoms with Gasteiger partial charge in [0, 0.05) is 47.9 Å². The van der Waals surface area contributed by atoms with Gasteiger partial charge in [-0.25, -0.2) is 0 Å². The summed E-state index contributed by atoms with van der Waals surface area (Å²) in [4.78, 5) is 46.5. The molecule has 1 fully saturated rings. The summed E-state index contributed by atoms with van der Waals surface area (Å²) in [6.45, 7) is 7.53. The minimum absolute atomic E-state index is 0.0614. The van der Waals surface area contributed by atoms with Gasteiger partial charge in [0.15, 0.2) is 5.82 Å². The zero-order chi connectivity index (χ0) is 32.6. The van der Waals surface area contributed by atoms with Gasteiger partial charge in [0.25, 0.3) is 5.91 Å². The molecule has 3 aromatic carbocycles. The Morgan fingerprint density at radius 3 is 2.35 bits per heavy atom. The van der Waals surface area contributed by atoms with Crippen LogP contribution in [0.1, 0.15) is 52.0 Å². The maximum atomic E-state index is 13.9. The van der Waals surface area contributed by atoms with Gasteiger partial charge in [0.2, 0.25) is 14.2 Å². The normalized spacial score (nSPS) is 16.6. The minimum Gasteiger partial charge on any atom is -0.497 e. The molecule has 0 bridgehead atoms. The van der Waals surface area contributed by atoms with E-state index >= 15 is 0 Å². The summed E-state index contributed by atoms with van der Waals surface area (Å²) < 4.78 is 7.53. The highest BCUT2D eigenvalue weighted by molar-refractivity contribution is 6.83. The molecule has 12 heteroatoms. The number of carbonyl (C=O) groups excluding carboxylic acids is 2. The van der Waals surface area contributed by atoms with Crippen molar-refractivity contribution in [2.45, 2.75) is 38.9 Å². The number of amides is 2. The molecule has 2 aliphatic rings. The van der Waals surface area contributed by atoms with Crippen molar-refractivity contribution >= 4 is 42.6 Å². The van der Waals surface area contributed by atoms with Crippen molar-refractivity contribution in [3.63, 3.8) is 0 Å². The Kier molecular flexibility index (Phi) is 8.82. The third-order valence-corrected chi connectivity index (χ3v) is 10.6. The Bertz CT molecular complexity index is 1800. The number of carbonyl (C=O) groups is 2. The van der Waals surface area contributed by atoms with Crippen LogP contribution in [-0.4, -0.2) is 88.5 Å². The van der Waals surface area contributed by atoms with E-state index in [1.807, 2.05) is 84.1 Å². The number of fused-ring (bicyclic) bond motifs is 3. The van der Waals surface area contributed by atoms with E-state index in [0.29, 0.717) is 66.3 Å². The fraction of sp³-hybridized carbons (Fsp3) is 0.324. The molecule has 3 heterocycles. The number of aliphatic imine (C=N–C) groups is 1. The molecule has 0 radical (unpaired) electrons. The lowest BCUT2D eigenvalue weighted by molar-refractivity contribution is -0.131. The van der Waals surface area contributed by atoms with E-state index in [2.05, 4.69) is 10.2 Å². The summed E-state index contributed by atoms with van der Waals surface area (Å²) in [6, 6.07) is 19.9. The van der Waals surface area contributed by atoms with E-state index in [-0.39, 0.29) is 18.2 Å². The lowest BCUT2D eigenvalue weighted by atomic mass is 10.00. The second-order valence-corrected chi connectivity index (χ2v) is 16.3. The largest absolute Gasteiger partial charge is 0.497 e. The predicted octanol–water partition coefficient (Wildman–Crippen LogP) is 4.30. The Labute approximate surface area is 274 Å². The molecule has 4 aromatic rings. The molecule has 6 rings (SSSR count). The zero-order valence-corrected chi connectivity index (χ0v) is 28.2. The fourth-order valence-electron chi connectivity index (χ4n) is 6.04. The van der Waals surface area contributed by atoms with Crippen molar-refractivity contribution in [1.82, 2.24) is 24.6 Å². The molecular weight excluding hydrogens is 620 g/mol. The van der Waals surface area contributed by atoms with Gasteiger partial charge in [-0.3, -0.25) is 19.1 Å². The Hall–Kier alpha value is -4.32. The van der Waals surface area contributed by atoms with Crippen LogP contribution in [0.25, 0.3) is 5.69 Å². The first kappa shape index (κ1) is 31.7. The lowest BCUT2D eigenvalue weighted by Crippen LogP contribution is -2.41. The van der Waals surface area contributed by atoms with Crippen LogP contribution in [0.5, 0.6) is 5.75 Å². The van der Waals surface area contributed by atoms with Gasteiger partial charge in [-0.15, -0.1) is 10.2 Å². The Morgan fingerprint density at radius 2 is 1.65 bits per heavy atom. The first-order valence-electron chi connectivity index (χ1n) is 15.4. The second kappa shape index (κ2) is 12.8. The topological polar surface area (TPSA) is 113 Å². The number of hydrogen-bond acceptors (Lipinski definition) is 7. The number of methoxy groups -OCH3 is 1. The first-order valence-corrected chi connectivity index (χ1v) is 18.7. The maximum Gasteiger partial charge on any atom is 0.253 e. The lowest BCUT2D eigenvalue weighted by Gasteiger charge is -2.23. The molecule has 0 saturated carbocycles. The smallest absolute Gasteiger partial charge is 0.253 e. The van der Waals surface area contributed by atoms with Crippen LogP contribution in [0.2, 0.25) is 18.1 Å². The first-order chi connectivity index (χ1) is 22.0. The highest BCUT2D eigenvalue weighted by atomic mass is 35.5. The third-order valence-electron chi connectivity index (χ3n) is 8.59. The van der Waals surface area contributed by atoms with Crippen molar-refractivity contribution in [3.8, 4) is 11.4 Å². The Morgan fingerprint density at radius 1 is 0.957 bits per heavy atom. The number of rotatable bonds is 6. The highest BCUT2D eigenvalue weighted by Gasteiger charge is 2.32. The number of nitrogens with zero attached hydrogens (tertiary/aromatic N) is 6. The van der Waals surface area contributed by atoms with Gasteiger partial charge in [-0.05, 0) is 74.1 Å². The summed E-state index contributed by atoms with van der Waals surface area (Å²) in [5.74, 6) is 1.82. The summed E-state index contributed by atoms with van der Waals surface area (Å²) >= 11 is 6.23. The minimum atomic E-state index is -2.45. The van der Waals surface area contributed by atoms with Crippen LogP contribution in [0.15, 0.2) is 71.7 Å². The van der Waals surface area contributed by atoms with Gasteiger partial charge in [-0.1, -0.05) is 35.9 Å². The van der Waals surface area contributed by atoms with Gasteiger partial charge in [0.1, 0.15) is 17.6 Å². The second-order valence-electron chi connectivity index (χ2n) is 12.2. The quantitative estimate of drug-likeness (QED) is 0.310. The van der Waals surface area contributed by atoms with Crippen LogP contribution in [-0.2, 0) is 4.79 Å². The molecule has 0 aliphatic carbocycles. The average molecular weight is 657 g/mol. The highest BCUT2D eigenvalue weighted by Crippen LogP contribution is 2.35. The van der Waals surface area contributed by atoms with Gasteiger partial charge < -0.3 is 19.3 Å². The summed E-state index contributed by atoms with van der Waals surface area (Å²) in [6.07, 6.45) is 0.757. The van der Waals surface area contributed by atoms with E-state index in [0.717, 1.165) is 22.0 Å². The third kappa shape index (κ3) is 6.35. The number of benzene rings is 3. The molecule has 1 N–H and O–H groups in total. The fourth-order valence-corrected chi connectivity index (χ4v) is 7.15. The summed E-state index contributed by atoms with van der Waals surface area (Å²) in [5, 5.41) is 10.4. The van der Waals surface area contributed by atoms with E-state index in [9.17, 15) is 14.4 Å².